The number of benzene rings is 6. The van der Waals surface area contributed by atoms with Crippen molar-refractivity contribution in [3.8, 4) is 62.9 Å². The van der Waals surface area contributed by atoms with Crippen LogP contribution in [0, 0.1) is 0 Å². The molecule has 6 aromatic carbocycles. The van der Waals surface area contributed by atoms with Gasteiger partial charge in [0.25, 0.3) is 0 Å². The van der Waals surface area contributed by atoms with E-state index in [2.05, 4.69) is 22.6 Å². The van der Waals surface area contributed by atoms with Crippen LogP contribution in [0.15, 0.2) is 135 Å². The van der Waals surface area contributed by atoms with Gasteiger partial charge in [0, 0.05) is 42.0 Å². The third-order valence-electron chi connectivity index (χ3n) is 12.3. The zero-order chi connectivity index (χ0) is 56.0. The van der Waals surface area contributed by atoms with Gasteiger partial charge in [-0.25, -0.2) is 24.0 Å². The van der Waals surface area contributed by atoms with E-state index >= 15 is 0 Å². The lowest BCUT2D eigenvalue weighted by atomic mass is 9.97. The highest BCUT2D eigenvalue weighted by atomic mass is 19.3. The second-order valence-corrected chi connectivity index (χ2v) is 17.6. The molecule has 0 saturated heterocycles. The second kappa shape index (κ2) is 22.9. The Balaban J connectivity index is 0.822. The summed E-state index contributed by atoms with van der Waals surface area (Å²) in [5, 5.41) is 0. The molecule has 0 N–H and O–H groups in total. The van der Waals surface area contributed by atoms with Crippen molar-refractivity contribution in [3.05, 3.63) is 173 Å². The number of hydrogen-bond donors (Lipinski definition) is 0. The summed E-state index contributed by atoms with van der Waals surface area (Å²) in [4.78, 5) is 76.0. The molecule has 17 nitrogen and oxygen atoms in total. The minimum atomic E-state index is -4.22. The molecule has 79 heavy (non-hydrogen) atoms. The predicted octanol–water partition coefficient (Wildman–Crippen LogP) is 10.9. The molecule has 0 amide bonds. The smallest absolute Gasteiger partial charge is 0.494 e. The van der Waals surface area contributed by atoms with Crippen LogP contribution in [0.4, 0.5) is 17.6 Å². The normalized spacial score (nSPS) is 14.4. The zero-order valence-electron chi connectivity index (χ0n) is 41.6. The van der Waals surface area contributed by atoms with Crippen LogP contribution in [-0.2, 0) is 25.5 Å². The lowest BCUT2D eigenvalue weighted by Gasteiger charge is -2.12. The number of halogens is 4. The van der Waals surface area contributed by atoms with Crippen LogP contribution >= 0.6 is 0 Å². The number of hydrogen-bond acceptors (Lipinski definition) is 17. The maximum atomic E-state index is 14.6. The Morgan fingerprint density at radius 1 is 0.494 bits per heavy atom. The van der Waals surface area contributed by atoms with E-state index in [-0.39, 0.29) is 54.1 Å². The molecule has 0 spiro atoms. The van der Waals surface area contributed by atoms with Crippen molar-refractivity contribution < 1.29 is 98.4 Å². The fraction of sp³-hybridized carbons (Fsp3) is 0.207. The maximum Gasteiger partial charge on any atom is 0.586 e. The highest BCUT2D eigenvalue weighted by Gasteiger charge is 2.48. The first-order valence-corrected chi connectivity index (χ1v) is 24.3. The number of fused-ring (bicyclic) bond motifs is 5. The van der Waals surface area contributed by atoms with Crippen molar-refractivity contribution in [1.82, 2.24) is 0 Å². The number of ketones is 1. The number of ether oxygens (including phenoxy) is 11. The summed E-state index contributed by atoms with van der Waals surface area (Å²) in [7, 11) is 0. The third kappa shape index (κ3) is 12.5. The largest absolute Gasteiger partial charge is 0.586 e. The molecule has 21 heteroatoms. The molecule has 9 rings (SSSR count). The molecule has 0 radical (unpaired) electrons. The van der Waals surface area contributed by atoms with E-state index in [4.69, 9.17) is 42.6 Å². The summed E-state index contributed by atoms with van der Waals surface area (Å²) in [6, 6.07) is 25.9. The number of alkyl halides is 4. The molecule has 2 aliphatic heterocycles. The SMILES string of the molecule is C=CC(=O)OCCCCOc1ccc(C(=O)Cc2ccc(OC(=O)c3ccc4c(c3)C(C)c3cc(C(=O)Oc5ccc(OC(=O)c6ccc(OCCCOC(=O)C=C)cc6)c6c5OC(F)(F)O6)ccc3-4)c3c2OC(F)(F)O3)cc1. The third-order valence-corrected chi connectivity index (χ3v) is 12.3. The van der Waals surface area contributed by atoms with Gasteiger partial charge in [-0.1, -0.05) is 38.3 Å². The first-order chi connectivity index (χ1) is 37.9. The Morgan fingerprint density at radius 2 is 0.886 bits per heavy atom. The monoisotopic (exact) mass is 1090 g/mol. The molecule has 6 aromatic rings. The molecule has 1 atom stereocenters. The van der Waals surface area contributed by atoms with Crippen LogP contribution in [0.3, 0.4) is 0 Å². The Morgan fingerprint density at radius 3 is 1.38 bits per heavy atom. The van der Waals surface area contributed by atoms with Gasteiger partial charge in [0.05, 0.1) is 43.1 Å². The van der Waals surface area contributed by atoms with Gasteiger partial charge in [0.2, 0.25) is 17.2 Å². The summed E-state index contributed by atoms with van der Waals surface area (Å²) >= 11 is 0. The van der Waals surface area contributed by atoms with Gasteiger partial charge >= 0.3 is 42.4 Å². The highest BCUT2D eigenvalue weighted by molar-refractivity contribution is 5.99. The van der Waals surface area contributed by atoms with Crippen LogP contribution in [0.1, 0.15) is 90.2 Å². The van der Waals surface area contributed by atoms with E-state index in [0.29, 0.717) is 59.6 Å². The number of esters is 5. The fourth-order valence-electron chi connectivity index (χ4n) is 8.45. The molecule has 0 saturated carbocycles. The molecule has 406 valence electrons. The minimum Gasteiger partial charge on any atom is -0.494 e. The molecule has 3 aliphatic rings. The van der Waals surface area contributed by atoms with E-state index < -0.39 is 94.4 Å². The van der Waals surface area contributed by atoms with Crippen molar-refractivity contribution in [2.24, 2.45) is 0 Å². The first kappa shape index (κ1) is 54.1. The topological polar surface area (TPSA) is 204 Å². The number of Topliss-reactive ketones (excluding diaryl/α,β-unsaturated/α-hetero) is 1. The average Bonchev–Trinajstić information content (AvgIpc) is 4.31. The summed E-state index contributed by atoms with van der Waals surface area (Å²) < 4.78 is 115. The van der Waals surface area contributed by atoms with Crippen LogP contribution < -0.4 is 42.6 Å². The Hall–Kier alpha value is -9.66. The number of rotatable bonds is 22. The van der Waals surface area contributed by atoms with E-state index in [0.717, 1.165) is 24.3 Å². The van der Waals surface area contributed by atoms with Crippen LogP contribution in [0.2, 0.25) is 0 Å². The quantitative estimate of drug-likeness (QED) is 0.0155. The Labute approximate surface area is 446 Å². The van der Waals surface area contributed by atoms with Crippen LogP contribution in [0.25, 0.3) is 11.1 Å². The molecule has 0 fully saturated rings. The summed E-state index contributed by atoms with van der Waals surface area (Å²) in [5.41, 5.74) is 3.03. The predicted molar refractivity (Wildman–Crippen MR) is 268 cm³/mol. The van der Waals surface area contributed by atoms with Crippen molar-refractivity contribution >= 4 is 35.6 Å². The van der Waals surface area contributed by atoms with E-state index in [1.54, 1.807) is 30.3 Å². The lowest BCUT2D eigenvalue weighted by Crippen LogP contribution is -2.26. The molecule has 0 aromatic heterocycles. The maximum absolute atomic E-state index is 14.6. The van der Waals surface area contributed by atoms with Gasteiger partial charge in [-0.2, -0.15) is 0 Å². The van der Waals surface area contributed by atoms with Gasteiger partial charge in [-0.3, -0.25) is 4.79 Å². The van der Waals surface area contributed by atoms with E-state index in [1.165, 1.54) is 66.7 Å². The minimum absolute atomic E-state index is 0.00685. The highest BCUT2D eigenvalue weighted by Crippen LogP contribution is 2.54. The van der Waals surface area contributed by atoms with Gasteiger partial charge in [0.1, 0.15) is 11.5 Å². The lowest BCUT2D eigenvalue weighted by molar-refractivity contribution is -0.288. The summed E-state index contributed by atoms with van der Waals surface area (Å²) in [6.45, 7) is 9.31. The number of carbonyl (C=O) groups is 6. The van der Waals surface area contributed by atoms with Gasteiger partial charge in [-0.15, -0.1) is 17.6 Å². The Bertz CT molecular complexity index is 3410. The van der Waals surface area contributed by atoms with Gasteiger partial charge in [-0.05, 0) is 126 Å². The molecular weight excluding hydrogens is 1040 g/mol. The molecular formula is C58H44F4O17. The van der Waals surface area contributed by atoms with Gasteiger partial charge in [0.15, 0.2) is 28.8 Å². The van der Waals surface area contributed by atoms with Crippen molar-refractivity contribution in [3.63, 3.8) is 0 Å². The average molecular weight is 1090 g/mol. The van der Waals surface area contributed by atoms with Crippen LogP contribution in [-0.4, -0.2) is 74.6 Å². The van der Waals surface area contributed by atoms with Gasteiger partial charge < -0.3 is 52.1 Å². The number of carbonyl (C=O) groups excluding carboxylic acids is 6. The Kier molecular flexibility index (Phi) is 15.7. The van der Waals surface area contributed by atoms with Crippen molar-refractivity contribution in [2.45, 2.75) is 51.1 Å². The standard InChI is InChI=1S/C58H44F4O17/c1-4-48(64)71-26-7-6-25-69-38-16-9-33(10-17-38)44(63)31-35-15-22-45(51-50(35)76-57(59,60)77-51)74-55(67)36-13-20-40-41-21-14-37(30-43(41)32(3)42(40)29-36)56(68)75-47-24-23-46(52-53(47)79-58(61,62)78-52)73-54(66)34-11-18-39(19-12-34)70-27-8-28-72-49(65)5-2/h4-5,9-24,29-30,32H,1-2,6-8,25-28,31H2,3H3. The number of unbranched alkanes of at least 4 members (excludes halogenated alkanes) is 1. The molecule has 2 heterocycles. The summed E-state index contributed by atoms with van der Waals surface area (Å²) in [5.74, 6) is -7.79. The van der Waals surface area contributed by atoms with E-state index in [9.17, 15) is 46.3 Å². The van der Waals surface area contributed by atoms with Crippen molar-refractivity contribution in [1.29, 1.82) is 0 Å². The summed E-state index contributed by atoms with van der Waals surface area (Å²) in [6.07, 6.45) is -5.08. The molecule has 1 aliphatic carbocycles. The van der Waals surface area contributed by atoms with Crippen LogP contribution in [0.5, 0.6) is 51.7 Å². The molecule has 1 unspecified atom stereocenters. The van der Waals surface area contributed by atoms with Crippen molar-refractivity contribution in [2.75, 3.05) is 26.4 Å². The second-order valence-electron chi connectivity index (χ2n) is 17.6. The molecule has 0 bridgehead atoms. The fourth-order valence-corrected chi connectivity index (χ4v) is 8.45. The van der Waals surface area contributed by atoms with E-state index in [1.807, 2.05) is 6.92 Å². The first-order valence-electron chi connectivity index (χ1n) is 24.3. The zero-order valence-corrected chi connectivity index (χ0v) is 41.6.